The van der Waals surface area contributed by atoms with Crippen LogP contribution in [0, 0.1) is 11.3 Å². The summed E-state index contributed by atoms with van der Waals surface area (Å²) in [7, 11) is -3.69. The molecule has 2 aromatic rings. The smallest absolute Gasteiger partial charge is 0.263 e. The number of hydrogen-bond donors (Lipinski definition) is 2. The van der Waals surface area contributed by atoms with E-state index in [1.54, 1.807) is 0 Å². The number of halogens is 1. The Labute approximate surface area is 112 Å². The van der Waals surface area contributed by atoms with Gasteiger partial charge in [-0.15, -0.1) is 0 Å². The molecule has 0 spiro atoms. The van der Waals surface area contributed by atoms with Crippen LogP contribution >= 0.6 is 15.9 Å². The minimum absolute atomic E-state index is 0.0722. The molecule has 0 unspecified atom stereocenters. The largest absolute Gasteiger partial charge is 0.263 e. The first-order valence-electron chi connectivity index (χ1n) is 4.75. The number of H-pyrrole nitrogens is 1. The van der Waals surface area contributed by atoms with E-state index in [2.05, 4.69) is 30.8 Å². The third-order valence-corrected chi connectivity index (χ3v) is 4.09. The van der Waals surface area contributed by atoms with E-state index in [0.29, 0.717) is 10.0 Å². The van der Waals surface area contributed by atoms with Crippen molar-refractivity contribution in [3.05, 3.63) is 40.5 Å². The highest BCUT2D eigenvalue weighted by Gasteiger charge is 2.16. The standard InChI is InChI=1S/C10H7BrN4O2S/c11-9-6-13-14-10(9)15-18(16,17)8-3-1-7(5-12)2-4-8/h1-4,6H,(H2,13,14,15). The lowest BCUT2D eigenvalue weighted by molar-refractivity contribution is 0.601. The second-order valence-corrected chi connectivity index (χ2v) is 5.87. The maximum atomic E-state index is 12.0. The van der Waals surface area contributed by atoms with Crippen molar-refractivity contribution < 1.29 is 8.42 Å². The van der Waals surface area contributed by atoms with Gasteiger partial charge in [0.1, 0.15) is 5.82 Å². The summed E-state index contributed by atoms with van der Waals surface area (Å²) in [5.41, 5.74) is 0.400. The van der Waals surface area contributed by atoms with Gasteiger partial charge in [-0.25, -0.2) is 8.42 Å². The van der Waals surface area contributed by atoms with Crippen LogP contribution in [0.2, 0.25) is 0 Å². The highest BCUT2D eigenvalue weighted by molar-refractivity contribution is 9.10. The van der Waals surface area contributed by atoms with E-state index >= 15 is 0 Å². The molecule has 0 amide bonds. The van der Waals surface area contributed by atoms with E-state index in [0.717, 1.165) is 0 Å². The fourth-order valence-corrected chi connectivity index (χ4v) is 2.70. The molecule has 0 bridgehead atoms. The molecule has 0 aliphatic heterocycles. The number of aromatic nitrogens is 2. The van der Waals surface area contributed by atoms with Gasteiger partial charge in [0, 0.05) is 0 Å². The number of rotatable bonds is 3. The number of aromatic amines is 1. The normalized spacial score (nSPS) is 10.9. The number of anilines is 1. The molecular weight excluding hydrogens is 320 g/mol. The Bertz CT molecular complexity index is 700. The molecule has 0 saturated carbocycles. The maximum absolute atomic E-state index is 12.0. The summed E-state index contributed by atoms with van der Waals surface area (Å²) in [6.07, 6.45) is 1.44. The summed E-state index contributed by atoms with van der Waals surface area (Å²) in [6.45, 7) is 0. The average molecular weight is 327 g/mol. The summed E-state index contributed by atoms with van der Waals surface area (Å²) < 4.78 is 26.8. The van der Waals surface area contributed by atoms with Crippen LogP contribution in [-0.2, 0) is 10.0 Å². The zero-order chi connectivity index (χ0) is 13.2. The van der Waals surface area contributed by atoms with Crippen LogP contribution in [0.25, 0.3) is 0 Å². The first kappa shape index (κ1) is 12.6. The van der Waals surface area contributed by atoms with Crippen molar-refractivity contribution in [2.75, 3.05) is 4.72 Å². The van der Waals surface area contributed by atoms with Gasteiger partial charge in [0.05, 0.1) is 27.2 Å². The first-order chi connectivity index (χ1) is 8.53. The van der Waals surface area contributed by atoms with Gasteiger partial charge < -0.3 is 0 Å². The SMILES string of the molecule is N#Cc1ccc(S(=O)(=O)Nc2[nH]ncc2Br)cc1. The molecular formula is C10H7BrN4O2S. The van der Waals surface area contributed by atoms with Crippen LogP contribution in [0.3, 0.4) is 0 Å². The summed E-state index contributed by atoms with van der Waals surface area (Å²) >= 11 is 3.15. The Balaban J connectivity index is 2.31. The molecule has 92 valence electrons. The van der Waals surface area contributed by atoms with Crippen molar-refractivity contribution in [2.45, 2.75) is 4.90 Å². The molecule has 18 heavy (non-hydrogen) atoms. The van der Waals surface area contributed by atoms with Crippen LogP contribution in [0.5, 0.6) is 0 Å². The van der Waals surface area contributed by atoms with Crippen molar-refractivity contribution in [1.29, 1.82) is 5.26 Å². The highest BCUT2D eigenvalue weighted by atomic mass is 79.9. The minimum atomic E-state index is -3.69. The second-order valence-electron chi connectivity index (χ2n) is 3.33. The molecule has 0 fully saturated rings. The summed E-state index contributed by atoms with van der Waals surface area (Å²) in [6, 6.07) is 7.54. The Kier molecular flexibility index (Phi) is 3.36. The summed E-state index contributed by atoms with van der Waals surface area (Å²) in [5.74, 6) is 0.249. The van der Waals surface area contributed by atoms with E-state index in [1.165, 1.54) is 30.5 Å². The van der Waals surface area contributed by atoms with Crippen LogP contribution in [-0.4, -0.2) is 18.6 Å². The van der Waals surface area contributed by atoms with Gasteiger partial charge in [0.15, 0.2) is 0 Å². The molecule has 6 nitrogen and oxygen atoms in total. The molecule has 0 aliphatic carbocycles. The lowest BCUT2D eigenvalue weighted by Gasteiger charge is -2.06. The van der Waals surface area contributed by atoms with Gasteiger partial charge in [-0.2, -0.15) is 10.4 Å². The monoisotopic (exact) mass is 326 g/mol. The molecule has 8 heteroatoms. The number of sulfonamides is 1. The van der Waals surface area contributed by atoms with Gasteiger partial charge in [-0.1, -0.05) is 0 Å². The molecule has 1 aromatic heterocycles. The molecule has 0 aliphatic rings. The molecule has 0 atom stereocenters. The van der Waals surface area contributed by atoms with Gasteiger partial charge >= 0.3 is 0 Å². The highest BCUT2D eigenvalue weighted by Crippen LogP contribution is 2.21. The van der Waals surface area contributed by atoms with Gasteiger partial charge in [0.2, 0.25) is 0 Å². The molecule has 1 aromatic carbocycles. The Hall–Kier alpha value is -1.85. The summed E-state index contributed by atoms with van der Waals surface area (Å²) in [5, 5.41) is 14.8. The average Bonchev–Trinajstić information content (AvgIpc) is 2.74. The van der Waals surface area contributed by atoms with Gasteiger partial charge in [-0.05, 0) is 40.2 Å². The number of nitriles is 1. The van der Waals surface area contributed by atoms with Crippen molar-refractivity contribution >= 4 is 31.8 Å². The van der Waals surface area contributed by atoms with Crippen molar-refractivity contribution in [2.24, 2.45) is 0 Å². The van der Waals surface area contributed by atoms with E-state index in [4.69, 9.17) is 5.26 Å². The Morgan fingerprint density at radius 3 is 2.50 bits per heavy atom. The van der Waals surface area contributed by atoms with Crippen LogP contribution in [0.1, 0.15) is 5.56 Å². The number of hydrogen-bond acceptors (Lipinski definition) is 4. The van der Waals surface area contributed by atoms with Crippen LogP contribution in [0.15, 0.2) is 39.8 Å². The first-order valence-corrected chi connectivity index (χ1v) is 7.02. The molecule has 0 saturated heterocycles. The topological polar surface area (TPSA) is 98.6 Å². The summed E-state index contributed by atoms with van der Waals surface area (Å²) in [4.78, 5) is 0.0722. The minimum Gasteiger partial charge on any atom is -0.263 e. The van der Waals surface area contributed by atoms with Crippen molar-refractivity contribution in [1.82, 2.24) is 10.2 Å². The van der Waals surface area contributed by atoms with E-state index in [1.807, 2.05) is 6.07 Å². The molecule has 2 rings (SSSR count). The second kappa shape index (κ2) is 4.80. The quantitative estimate of drug-likeness (QED) is 0.898. The molecule has 1 heterocycles. The Morgan fingerprint density at radius 1 is 1.33 bits per heavy atom. The van der Waals surface area contributed by atoms with Crippen molar-refractivity contribution in [3.63, 3.8) is 0 Å². The van der Waals surface area contributed by atoms with E-state index < -0.39 is 10.0 Å². The van der Waals surface area contributed by atoms with Crippen molar-refractivity contribution in [3.8, 4) is 6.07 Å². The van der Waals surface area contributed by atoms with Crippen LogP contribution < -0.4 is 4.72 Å². The fraction of sp³-hybridized carbons (Fsp3) is 0. The predicted molar refractivity (Wildman–Crippen MR) is 68.3 cm³/mol. The van der Waals surface area contributed by atoms with E-state index in [-0.39, 0.29) is 10.7 Å². The van der Waals surface area contributed by atoms with Crippen LogP contribution in [0.4, 0.5) is 5.82 Å². The zero-order valence-electron chi connectivity index (χ0n) is 8.88. The zero-order valence-corrected chi connectivity index (χ0v) is 11.3. The lowest BCUT2D eigenvalue weighted by Crippen LogP contribution is -2.13. The molecule has 0 radical (unpaired) electrons. The van der Waals surface area contributed by atoms with Gasteiger partial charge in [-0.3, -0.25) is 9.82 Å². The fourth-order valence-electron chi connectivity index (χ4n) is 1.24. The number of benzene rings is 1. The predicted octanol–water partition coefficient (Wildman–Crippen LogP) is 1.84. The van der Waals surface area contributed by atoms with Gasteiger partial charge in [0.25, 0.3) is 10.0 Å². The third-order valence-electron chi connectivity index (χ3n) is 2.12. The third kappa shape index (κ3) is 2.52. The lowest BCUT2D eigenvalue weighted by atomic mass is 10.2. The molecule has 2 N–H and O–H groups in total. The van der Waals surface area contributed by atoms with E-state index in [9.17, 15) is 8.42 Å². The Morgan fingerprint density at radius 2 is 2.00 bits per heavy atom. The maximum Gasteiger partial charge on any atom is 0.263 e. The number of nitrogens with one attached hydrogen (secondary N) is 2. The number of nitrogens with zero attached hydrogens (tertiary/aromatic N) is 2.